The van der Waals surface area contributed by atoms with Gasteiger partial charge in [0.25, 0.3) is 11.1 Å². The second kappa shape index (κ2) is 9.15. The fourth-order valence-electron chi connectivity index (χ4n) is 3.14. The Balaban J connectivity index is 1.73. The van der Waals surface area contributed by atoms with Gasteiger partial charge < -0.3 is 9.47 Å². The van der Waals surface area contributed by atoms with Gasteiger partial charge in [0.2, 0.25) is 4.96 Å². The van der Waals surface area contributed by atoms with Crippen molar-refractivity contribution in [3.8, 4) is 11.5 Å². The molecule has 0 N–H and O–H groups in total. The lowest BCUT2D eigenvalue weighted by Crippen LogP contribution is -2.28. The lowest BCUT2D eigenvalue weighted by Gasteiger charge is -2.09. The Morgan fingerprint density at radius 1 is 1.12 bits per heavy atom. The fraction of sp³-hybridized carbons (Fsp3) is 0.167. The van der Waals surface area contributed by atoms with Crippen molar-refractivity contribution >= 4 is 22.4 Å². The number of methoxy groups -OCH3 is 1. The summed E-state index contributed by atoms with van der Waals surface area (Å²) in [5, 5.41) is 4.30. The maximum absolute atomic E-state index is 12.9. The molecule has 0 amide bonds. The molecule has 0 unspecified atom stereocenters. The van der Waals surface area contributed by atoms with Crippen molar-refractivity contribution in [1.29, 1.82) is 0 Å². The predicted molar refractivity (Wildman–Crippen MR) is 125 cm³/mol. The minimum Gasteiger partial charge on any atom is -0.493 e. The molecule has 4 rings (SSSR count). The third-order valence-corrected chi connectivity index (χ3v) is 5.74. The average molecular weight is 448 g/mol. The molecule has 8 heteroatoms. The van der Waals surface area contributed by atoms with Crippen molar-refractivity contribution < 1.29 is 9.47 Å². The molecule has 0 bridgehead atoms. The molecule has 0 aliphatic rings. The lowest BCUT2D eigenvalue weighted by molar-refractivity contribution is 0.326. The molecule has 0 saturated heterocycles. The highest BCUT2D eigenvalue weighted by molar-refractivity contribution is 7.15. The van der Waals surface area contributed by atoms with Crippen molar-refractivity contribution in [3.05, 3.63) is 103 Å². The number of hydrogen-bond acceptors (Lipinski definition) is 7. The summed E-state index contributed by atoms with van der Waals surface area (Å²) >= 11 is 1.12. The van der Waals surface area contributed by atoms with Crippen LogP contribution in [0.2, 0.25) is 0 Å². The highest BCUT2D eigenvalue weighted by Gasteiger charge is 2.12. The van der Waals surface area contributed by atoms with Gasteiger partial charge in [-0.05, 0) is 36.3 Å². The number of ether oxygens (including phenoxy) is 2. The molecular formula is C24H21N3O4S. The van der Waals surface area contributed by atoms with Gasteiger partial charge in [-0.25, -0.2) is 0 Å². The molecule has 4 aromatic rings. The number of benzene rings is 2. The molecule has 0 aliphatic heterocycles. The SMILES string of the molecule is C=CCOc1ccc(/C=c2/sc3nc(=O)c(Cc4ccc(C)cc4)nn3c2=O)cc1OC. The molecule has 0 spiro atoms. The van der Waals surface area contributed by atoms with Crippen molar-refractivity contribution in [2.75, 3.05) is 13.7 Å². The minimum absolute atomic E-state index is 0.234. The molecule has 32 heavy (non-hydrogen) atoms. The van der Waals surface area contributed by atoms with E-state index in [9.17, 15) is 9.59 Å². The van der Waals surface area contributed by atoms with E-state index in [2.05, 4.69) is 16.7 Å². The van der Waals surface area contributed by atoms with Crippen LogP contribution in [0.25, 0.3) is 11.0 Å². The second-order valence-corrected chi connectivity index (χ2v) is 8.16. The minimum atomic E-state index is -0.427. The Labute approximate surface area is 187 Å². The van der Waals surface area contributed by atoms with Crippen molar-refractivity contribution in [1.82, 2.24) is 14.6 Å². The molecule has 2 heterocycles. The van der Waals surface area contributed by atoms with E-state index >= 15 is 0 Å². The van der Waals surface area contributed by atoms with E-state index in [4.69, 9.17) is 9.47 Å². The van der Waals surface area contributed by atoms with E-state index in [0.717, 1.165) is 28.0 Å². The number of rotatable bonds is 7. The van der Waals surface area contributed by atoms with Gasteiger partial charge >= 0.3 is 0 Å². The molecule has 0 atom stereocenters. The topological polar surface area (TPSA) is 82.8 Å². The number of aromatic nitrogens is 3. The molecule has 7 nitrogen and oxygen atoms in total. The van der Waals surface area contributed by atoms with Crippen LogP contribution in [-0.4, -0.2) is 28.3 Å². The van der Waals surface area contributed by atoms with E-state index in [1.54, 1.807) is 31.4 Å². The largest absolute Gasteiger partial charge is 0.493 e. The number of hydrogen-bond donors (Lipinski definition) is 0. The molecular weight excluding hydrogens is 426 g/mol. The smallest absolute Gasteiger partial charge is 0.296 e. The van der Waals surface area contributed by atoms with Crippen LogP contribution in [0, 0.1) is 6.92 Å². The quantitative estimate of drug-likeness (QED) is 0.405. The van der Waals surface area contributed by atoms with E-state index in [-0.39, 0.29) is 16.2 Å². The monoisotopic (exact) mass is 447 g/mol. The van der Waals surface area contributed by atoms with Crippen LogP contribution in [0.5, 0.6) is 11.5 Å². The Morgan fingerprint density at radius 3 is 2.62 bits per heavy atom. The number of thiazole rings is 1. The highest BCUT2D eigenvalue weighted by Crippen LogP contribution is 2.28. The van der Waals surface area contributed by atoms with Crippen LogP contribution < -0.4 is 25.1 Å². The van der Waals surface area contributed by atoms with Gasteiger partial charge in [-0.3, -0.25) is 9.59 Å². The summed E-state index contributed by atoms with van der Waals surface area (Å²) in [4.78, 5) is 29.7. The van der Waals surface area contributed by atoms with E-state index in [1.807, 2.05) is 37.3 Å². The van der Waals surface area contributed by atoms with E-state index < -0.39 is 5.56 Å². The molecule has 0 fully saturated rings. The average Bonchev–Trinajstić information content (AvgIpc) is 3.08. The standard InChI is InChI=1S/C24H21N3O4S/c1-4-11-31-19-10-9-17(13-20(19)30-3)14-21-23(29)27-24(32-21)25-22(28)18(26-27)12-16-7-5-15(2)6-8-16/h4-10,13-14H,1,11-12H2,2-3H3/b21-14+. The van der Waals surface area contributed by atoms with E-state index in [0.29, 0.717) is 29.1 Å². The van der Waals surface area contributed by atoms with Gasteiger partial charge in [-0.2, -0.15) is 14.6 Å². The van der Waals surface area contributed by atoms with Gasteiger partial charge in [-0.15, -0.1) is 0 Å². The second-order valence-electron chi connectivity index (χ2n) is 7.15. The zero-order valence-electron chi connectivity index (χ0n) is 17.7. The van der Waals surface area contributed by atoms with Gasteiger partial charge in [0.15, 0.2) is 11.5 Å². The Morgan fingerprint density at radius 2 is 1.91 bits per heavy atom. The number of nitrogens with zero attached hydrogens (tertiary/aromatic N) is 3. The summed E-state index contributed by atoms with van der Waals surface area (Å²) in [5.74, 6) is 1.12. The molecule has 2 aromatic heterocycles. The molecule has 2 aromatic carbocycles. The van der Waals surface area contributed by atoms with Crippen LogP contribution in [0.15, 0.2) is 64.7 Å². The Kier molecular flexibility index (Phi) is 6.13. The first-order valence-corrected chi connectivity index (χ1v) is 10.7. The third kappa shape index (κ3) is 4.45. The van der Waals surface area contributed by atoms with Crippen LogP contribution in [0.4, 0.5) is 0 Å². The molecule has 162 valence electrons. The first-order valence-electron chi connectivity index (χ1n) is 9.90. The summed E-state index contributed by atoms with van der Waals surface area (Å²) in [7, 11) is 1.55. The van der Waals surface area contributed by atoms with Crippen LogP contribution in [0.1, 0.15) is 22.4 Å². The Hall–Kier alpha value is -3.78. The zero-order chi connectivity index (χ0) is 22.7. The maximum Gasteiger partial charge on any atom is 0.296 e. The van der Waals surface area contributed by atoms with Gasteiger partial charge in [0.05, 0.1) is 11.6 Å². The normalized spacial score (nSPS) is 11.6. The van der Waals surface area contributed by atoms with Gasteiger partial charge in [-0.1, -0.05) is 59.9 Å². The van der Waals surface area contributed by atoms with Gasteiger partial charge in [0, 0.05) is 6.42 Å². The highest BCUT2D eigenvalue weighted by atomic mass is 32.1. The summed E-state index contributed by atoms with van der Waals surface area (Å²) in [6, 6.07) is 13.2. The van der Waals surface area contributed by atoms with Crippen molar-refractivity contribution in [2.45, 2.75) is 13.3 Å². The first kappa shape index (κ1) is 21.5. The van der Waals surface area contributed by atoms with Crippen LogP contribution in [0.3, 0.4) is 0 Å². The van der Waals surface area contributed by atoms with E-state index in [1.165, 1.54) is 4.52 Å². The van der Waals surface area contributed by atoms with Crippen molar-refractivity contribution in [3.63, 3.8) is 0 Å². The Bertz CT molecular complexity index is 1460. The number of fused-ring (bicyclic) bond motifs is 1. The molecule has 0 saturated carbocycles. The van der Waals surface area contributed by atoms with Crippen molar-refractivity contribution in [2.24, 2.45) is 0 Å². The third-order valence-electron chi connectivity index (χ3n) is 4.78. The lowest BCUT2D eigenvalue weighted by atomic mass is 10.1. The summed E-state index contributed by atoms with van der Waals surface area (Å²) in [6.07, 6.45) is 3.68. The molecule has 0 radical (unpaired) electrons. The number of aryl methyl sites for hydroxylation is 1. The van der Waals surface area contributed by atoms with Gasteiger partial charge in [0.1, 0.15) is 12.3 Å². The van der Waals surface area contributed by atoms with Crippen LogP contribution in [-0.2, 0) is 6.42 Å². The van der Waals surface area contributed by atoms with Crippen LogP contribution >= 0.6 is 11.3 Å². The molecule has 0 aliphatic carbocycles. The zero-order valence-corrected chi connectivity index (χ0v) is 18.5. The summed E-state index contributed by atoms with van der Waals surface area (Å²) < 4.78 is 12.6. The summed E-state index contributed by atoms with van der Waals surface area (Å²) in [5.41, 5.74) is 2.29. The summed E-state index contributed by atoms with van der Waals surface area (Å²) in [6.45, 7) is 5.99. The maximum atomic E-state index is 12.9. The predicted octanol–water partition coefficient (Wildman–Crippen LogP) is 2.53. The fourth-order valence-corrected chi connectivity index (χ4v) is 4.05. The first-order chi connectivity index (χ1) is 15.5.